The van der Waals surface area contributed by atoms with Gasteiger partial charge in [0.1, 0.15) is 5.75 Å². The summed E-state index contributed by atoms with van der Waals surface area (Å²) in [6, 6.07) is 7.95. The van der Waals surface area contributed by atoms with Gasteiger partial charge >= 0.3 is 0 Å². The molecule has 1 atom stereocenters. The first-order chi connectivity index (χ1) is 13.1. The van der Waals surface area contributed by atoms with Gasteiger partial charge in [-0.25, -0.2) is 4.99 Å². The topological polar surface area (TPSA) is 92.0 Å². The number of aliphatic imine (C=N–C) groups is 1. The number of primary amides is 1. The first-order valence-electron chi connectivity index (χ1n) is 9.79. The van der Waals surface area contributed by atoms with Crippen molar-refractivity contribution in [2.24, 2.45) is 16.6 Å². The van der Waals surface area contributed by atoms with E-state index in [9.17, 15) is 4.79 Å². The van der Waals surface area contributed by atoms with Crippen LogP contribution in [0.3, 0.4) is 0 Å². The predicted molar refractivity (Wildman–Crippen MR) is 109 cm³/mol. The van der Waals surface area contributed by atoms with Crippen molar-refractivity contribution >= 4 is 11.9 Å². The summed E-state index contributed by atoms with van der Waals surface area (Å²) in [5, 5.41) is 6.66. The van der Waals surface area contributed by atoms with Crippen molar-refractivity contribution in [1.82, 2.24) is 15.5 Å². The van der Waals surface area contributed by atoms with Crippen LogP contribution < -0.4 is 21.1 Å². The minimum Gasteiger partial charge on any atom is -0.497 e. The SMILES string of the molecule is CCNC(=NCc1cccc(OC)c1)NCCCN1CCCC(C(N)=O)C1. The fraction of sp³-hybridized carbons (Fsp3) is 0.600. The quantitative estimate of drug-likeness (QED) is 0.344. The second kappa shape index (κ2) is 11.4. The molecule has 1 saturated heterocycles. The van der Waals surface area contributed by atoms with E-state index >= 15 is 0 Å². The third kappa shape index (κ3) is 7.46. The van der Waals surface area contributed by atoms with Gasteiger partial charge in [0.15, 0.2) is 5.96 Å². The molecule has 4 N–H and O–H groups in total. The van der Waals surface area contributed by atoms with Gasteiger partial charge in [0.25, 0.3) is 0 Å². The van der Waals surface area contributed by atoms with Gasteiger partial charge in [0.2, 0.25) is 5.91 Å². The highest BCUT2D eigenvalue weighted by molar-refractivity contribution is 5.79. The standard InChI is InChI=1S/C20H33N5O2/c1-3-22-20(24-14-16-7-4-9-18(13-16)27-2)23-10-6-12-25-11-5-8-17(15-25)19(21)26/h4,7,9,13,17H,3,5-6,8,10-12,14-15H2,1-2H3,(H2,21,26)(H2,22,23,24). The zero-order valence-corrected chi connectivity index (χ0v) is 16.5. The smallest absolute Gasteiger partial charge is 0.221 e. The molecule has 0 spiro atoms. The maximum atomic E-state index is 11.4. The number of nitrogens with zero attached hydrogens (tertiary/aromatic N) is 2. The molecule has 150 valence electrons. The number of hydrogen-bond acceptors (Lipinski definition) is 4. The van der Waals surface area contributed by atoms with E-state index in [1.165, 1.54) is 0 Å². The molecule has 1 amide bonds. The van der Waals surface area contributed by atoms with Gasteiger partial charge in [0, 0.05) is 19.6 Å². The molecule has 0 radical (unpaired) electrons. The number of methoxy groups -OCH3 is 1. The average Bonchev–Trinajstić information content (AvgIpc) is 2.69. The van der Waals surface area contributed by atoms with Crippen LogP contribution in [0.25, 0.3) is 0 Å². The molecule has 1 heterocycles. The van der Waals surface area contributed by atoms with E-state index in [2.05, 4.69) is 27.4 Å². The lowest BCUT2D eigenvalue weighted by atomic mass is 9.97. The summed E-state index contributed by atoms with van der Waals surface area (Å²) < 4.78 is 5.26. The lowest BCUT2D eigenvalue weighted by molar-refractivity contribution is -0.123. The monoisotopic (exact) mass is 375 g/mol. The van der Waals surface area contributed by atoms with Gasteiger partial charge in [-0.3, -0.25) is 4.79 Å². The number of nitrogens with one attached hydrogen (secondary N) is 2. The van der Waals surface area contributed by atoms with Gasteiger partial charge < -0.3 is 26.0 Å². The highest BCUT2D eigenvalue weighted by atomic mass is 16.5. The molecule has 1 aliphatic heterocycles. The van der Waals surface area contributed by atoms with Gasteiger partial charge in [-0.2, -0.15) is 0 Å². The van der Waals surface area contributed by atoms with Crippen LogP contribution in [0.15, 0.2) is 29.3 Å². The number of likely N-dealkylation sites (tertiary alicyclic amines) is 1. The Kier molecular flexibility index (Phi) is 8.91. The molecule has 27 heavy (non-hydrogen) atoms. The Labute approximate surface area is 162 Å². The average molecular weight is 376 g/mol. The third-order valence-corrected chi connectivity index (χ3v) is 4.75. The number of amides is 1. The molecule has 7 heteroatoms. The summed E-state index contributed by atoms with van der Waals surface area (Å²) in [4.78, 5) is 18.3. The molecule has 1 fully saturated rings. The molecular formula is C20H33N5O2. The van der Waals surface area contributed by atoms with Crippen molar-refractivity contribution in [2.75, 3.05) is 39.8 Å². The molecule has 0 aromatic heterocycles. The fourth-order valence-electron chi connectivity index (χ4n) is 3.28. The number of nitrogens with two attached hydrogens (primary N) is 1. The Morgan fingerprint density at radius 1 is 1.41 bits per heavy atom. The number of rotatable bonds is 9. The summed E-state index contributed by atoms with van der Waals surface area (Å²) >= 11 is 0. The lowest BCUT2D eigenvalue weighted by Gasteiger charge is -2.31. The van der Waals surface area contributed by atoms with Crippen molar-refractivity contribution < 1.29 is 9.53 Å². The van der Waals surface area contributed by atoms with Crippen molar-refractivity contribution in [3.8, 4) is 5.75 Å². The lowest BCUT2D eigenvalue weighted by Crippen LogP contribution is -2.43. The number of benzene rings is 1. The second-order valence-corrected chi connectivity index (χ2v) is 6.87. The van der Waals surface area contributed by atoms with Crippen LogP contribution in [0.1, 0.15) is 31.7 Å². The van der Waals surface area contributed by atoms with E-state index in [0.29, 0.717) is 6.54 Å². The number of hydrogen-bond donors (Lipinski definition) is 3. The minimum atomic E-state index is -0.170. The normalized spacial score (nSPS) is 18.1. The molecule has 0 aliphatic carbocycles. The van der Waals surface area contributed by atoms with E-state index < -0.39 is 0 Å². The molecule has 0 saturated carbocycles. The molecular weight excluding hydrogens is 342 g/mol. The van der Waals surface area contributed by atoms with Gasteiger partial charge in [0.05, 0.1) is 19.6 Å². The predicted octanol–water partition coefficient (Wildman–Crippen LogP) is 1.34. The number of ether oxygens (including phenoxy) is 1. The minimum absolute atomic E-state index is 0.00783. The molecule has 1 aromatic carbocycles. The third-order valence-electron chi connectivity index (χ3n) is 4.75. The van der Waals surface area contributed by atoms with Crippen LogP contribution in [-0.4, -0.2) is 56.6 Å². The van der Waals surface area contributed by atoms with E-state index in [-0.39, 0.29) is 11.8 Å². The maximum Gasteiger partial charge on any atom is 0.221 e. The fourth-order valence-corrected chi connectivity index (χ4v) is 3.28. The summed E-state index contributed by atoms with van der Waals surface area (Å²) in [6.45, 7) is 7.11. The summed E-state index contributed by atoms with van der Waals surface area (Å²) in [5.74, 6) is 1.50. The highest BCUT2D eigenvalue weighted by Crippen LogP contribution is 2.16. The highest BCUT2D eigenvalue weighted by Gasteiger charge is 2.23. The Morgan fingerprint density at radius 3 is 3.00 bits per heavy atom. The van der Waals surface area contributed by atoms with Gasteiger partial charge in [-0.1, -0.05) is 12.1 Å². The number of carbonyl (C=O) groups excluding carboxylic acids is 1. The second-order valence-electron chi connectivity index (χ2n) is 6.87. The summed E-state index contributed by atoms with van der Waals surface area (Å²) in [7, 11) is 1.67. The largest absolute Gasteiger partial charge is 0.497 e. The molecule has 7 nitrogen and oxygen atoms in total. The van der Waals surface area contributed by atoms with E-state index in [0.717, 1.165) is 69.3 Å². The summed E-state index contributed by atoms with van der Waals surface area (Å²) in [5.41, 5.74) is 6.56. The molecule has 1 unspecified atom stereocenters. The summed E-state index contributed by atoms with van der Waals surface area (Å²) in [6.07, 6.45) is 2.96. The van der Waals surface area contributed by atoms with Crippen molar-refractivity contribution in [3.63, 3.8) is 0 Å². The Hall–Kier alpha value is -2.28. The van der Waals surface area contributed by atoms with Gasteiger partial charge in [-0.05, 0) is 57.0 Å². The zero-order chi connectivity index (χ0) is 19.5. The van der Waals surface area contributed by atoms with Gasteiger partial charge in [-0.15, -0.1) is 0 Å². The number of guanidine groups is 1. The van der Waals surface area contributed by atoms with Crippen LogP contribution in [-0.2, 0) is 11.3 Å². The number of piperidine rings is 1. The molecule has 1 aliphatic rings. The van der Waals surface area contributed by atoms with Crippen LogP contribution in [0.5, 0.6) is 5.75 Å². The number of carbonyl (C=O) groups is 1. The van der Waals surface area contributed by atoms with Crippen molar-refractivity contribution in [2.45, 2.75) is 32.7 Å². The van der Waals surface area contributed by atoms with Crippen LogP contribution >= 0.6 is 0 Å². The van der Waals surface area contributed by atoms with Crippen LogP contribution in [0.2, 0.25) is 0 Å². The Morgan fingerprint density at radius 2 is 2.26 bits per heavy atom. The van der Waals surface area contributed by atoms with E-state index in [1.807, 2.05) is 24.3 Å². The van der Waals surface area contributed by atoms with Crippen molar-refractivity contribution in [1.29, 1.82) is 0 Å². The maximum absolute atomic E-state index is 11.4. The molecule has 2 rings (SSSR count). The first-order valence-corrected chi connectivity index (χ1v) is 9.79. The zero-order valence-electron chi connectivity index (χ0n) is 16.5. The molecule has 0 bridgehead atoms. The Balaban J connectivity index is 1.75. The van der Waals surface area contributed by atoms with E-state index in [1.54, 1.807) is 7.11 Å². The van der Waals surface area contributed by atoms with Crippen LogP contribution in [0.4, 0.5) is 0 Å². The van der Waals surface area contributed by atoms with E-state index in [4.69, 9.17) is 10.5 Å². The first kappa shape index (κ1) is 21.0. The molecule has 1 aromatic rings. The van der Waals surface area contributed by atoms with Crippen molar-refractivity contribution in [3.05, 3.63) is 29.8 Å². The van der Waals surface area contributed by atoms with Crippen LogP contribution in [0, 0.1) is 5.92 Å². The Bertz CT molecular complexity index is 620.